The molecule has 1 unspecified atom stereocenters. The number of benzene rings is 1. The van der Waals surface area contributed by atoms with Crippen LogP contribution in [-0.2, 0) is 14.4 Å². The molecule has 2 fully saturated rings. The van der Waals surface area contributed by atoms with Crippen molar-refractivity contribution in [3.05, 3.63) is 30.3 Å². The predicted molar refractivity (Wildman–Crippen MR) is 93.7 cm³/mol. The normalized spacial score (nSPS) is 22.1. The quantitative estimate of drug-likeness (QED) is 0.837. The predicted octanol–water partition coefficient (Wildman–Crippen LogP) is 0.0591. The molecule has 1 aromatic rings. The molecular weight excluding hydrogens is 320 g/mol. The fourth-order valence-corrected chi connectivity index (χ4v) is 3.56. The Labute approximate surface area is 147 Å². The summed E-state index contributed by atoms with van der Waals surface area (Å²) >= 11 is 0. The molecule has 7 nitrogen and oxygen atoms in total. The maximum atomic E-state index is 12.8. The standard InChI is InChI=1S/C18H24N4O3/c19-16(23)13-20-7-4-8-21(10-9-20)18(25)14-11-17(24)22(12-14)15-5-2-1-3-6-15/h1-3,5-6,14H,4,7-13H2,(H2,19,23). The molecular formula is C18H24N4O3. The Kier molecular flexibility index (Phi) is 5.33. The minimum Gasteiger partial charge on any atom is -0.369 e. The Bertz CT molecular complexity index is 649. The van der Waals surface area contributed by atoms with E-state index in [1.807, 2.05) is 40.1 Å². The molecule has 3 rings (SSSR count). The van der Waals surface area contributed by atoms with Gasteiger partial charge < -0.3 is 15.5 Å². The molecule has 0 saturated carbocycles. The second-order valence-electron chi connectivity index (χ2n) is 6.66. The highest BCUT2D eigenvalue weighted by Gasteiger charge is 2.37. The molecule has 25 heavy (non-hydrogen) atoms. The van der Waals surface area contributed by atoms with Crippen LogP contribution in [0.4, 0.5) is 5.69 Å². The first-order chi connectivity index (χ1) is 12.0. The van der Waals surface area contributed by atoms with Crippen LogP contribution in [0.25, 0.3) is 0 Å². The average molecular weight is 344 g/mol. The molecule has 3 amide bonds. The lowest BCUT2D eigenvalue weighted by Crippen LogP contribution is -2.41. The summed E-state index contributed by atoms with van der Waals surface area (Å²) < 4.78 is 0. The molecule has 1 atom stereocenters. The van der Waals surface area contributed by atoms with Crippen LogP contribution in [0.15, 0.2) is 30.3 Å². The average Bonchev–Trinajstić information content (AvgIpc) is 2.83. The minimum absolute atomic E-state index is 0.00488. The lowest BCUT2D eigenvalue weighted by Gasteiger charge is -2.24. The smallest absolute Gasteiger partial charge is 0.231 e. The topological polar surface area (TPSA) is 87.0 Å². The van der Waals surface area contributed by atoms with Gasteiger partial charge in [-0.15, -0.1) is 0 Å². The third kappa shape index (κ3) is 4.17. The number of carbonyl (C=O) groups is 3. The maximum absolute atomic E-state index is 12.8. The Balaban J connectivity index is 1.60. The number of primary amides is 1. The molecule has 0 spiro atoms. The summed E-state index contributed by atoms with van der Waals surface area (Å²) in [4.78, 5) is 41.7. The molecule has 0 radical (unpaired) electrons. The molecule has 2 saturated heterocycles. The number of hydrogen-bond acceptors (Lipinski definition) is 4. The van der Waals surface area contributed by atoms with Gasteiger partial charge in [-0.05, 0) is 18.6 Å². The molecule has 134 valence electrons. The highest BCUT2D eigenvalue weighted by Crippen LogP contribution is 2.26. The number of nitrogens with zero attached hydrogens (tertiary/aromatic N) is 3. The summed E-state index contributed by atoms with van der Waals surface area (Å²) in [6.45, 7) is 3.28. The van der Waals surface area contributed by atoms with E-state index in [-0.39, 0.29) is 36.6 Å². The third-order valence-electron chi connectivity index (χ3n) is 4.82. The van der Waals surface area contributed by atoms with Crippen molar-refractivity contribution < 1.29 is 14.4 Å². The second-order valence-corrected chi connectivity index (χ2v) is 6.66. The first-order valence-corrected chi connectivity index (χ1v) is 8.69. The van der Waals surface area contributed by atoms with Crippen molar-refractivity contribution >= 4 is 23.4 Å². The number of nitrogens with two attached hydrogens (primary N) is 1. The van der Waals surface area contributed by atoms with Crippen molar-refractivity contribution in [1.82, 2.24) is 9.80 Å². The lowest BCUT2D eigenvalue weighted by molar-refractivity contribution is -0.135. The van der Waals surface area contributed by atoms with E-state index >= 15 is 0 Å². The Hall–Kier alpha value is -2.41. The monoisotopic (exact) mass is 344 g/mol. The SMILES string of the molecule is NC(=O)CN1CCCN(C(=O)C2CC(=O)N(c3ccccc3)C2)CC1. The molecule has 2 heterocycles. The highest BCUT2D eigenvalue weighted by molar-refractivity contribution is 6.00. The van der Waals surface area contributed by atoms with Gasteiger partial charge in [0, 0.05) is 44.8 Å². The summed E-state index contributed by atoms with van der Waals surface area (Å²) in [5.41, 5.74) is 6.09. The first kappa shape index (κ1) is 17.4. The number of amides is 3. The summed E-state index contributed by atoms with van der Waals surface area (Å²) in [5.74, 6) is -0.613. The Morgan fingerprint density at radius 3 is 2.56 bits per heavy atom. The number of para-hydroxylation sites is 1. The molecule has 2 aliphatic heterocycles. The number of hydrogen-bond donors (Lipinski definition) is 1. The molecule has 2 aliphatic rings. The van der Waals surface area contributed by atoms with Crippen LogP contribution < -0.4 is 10.6 Å². The largest absolute Gasteiger partial charge is 0.369 e. The Morgan fingerprint density at radius 1 is 1.08 bits per heavy atom. The zero-order valence-electron chi connectivity index (χ0n) is 14.3. The van der Waals surface area contributed by atoms with Crippen LogP contribution in [-0.4, -0.2) is 66.8 Å². The van der Waals surface area contributed by atoms with Crippen molar-refractivity contribution in [3.63, 3.8) is 0 Å². The van der Waals surface area contributed by atoms with Gasteiger partial charge >= 0.3 is 0 Å². The van der Waals surface area contributed by atoms with Gasteiger partial charge in [-0.1, -0.05) is 18.2 Å². The van der Waals surface area contributed by atoms with E-state index in [9.17, 15) is 14.4 Å². The van der Waals surface area contributed by atoms with Crippen molar-refractivity contribution in [1.29, 1.82) is 0 Å². The summed E-state index contributed by atoms with van der Waals surface area (Å²) in [6.07, 6.45) is 1.07. The van der Waals surface area contributed by atoms with E-state index in [1.54, 1.807) is 4.90 Å². The molecule has 7 heteroatoms. The van der Waals surface area contributed by atoms with E-state index in [4.69, 9.17) is 5.73 Å². The number of anilines is 1. The molecule has 0 bridgehead atoms. The van der Waals surface area contributed by atoms with Crippen molar-refractivity contribution in [2.45, 2.75) is 12.8 Å². The van der Waals surface area contributed by atoms with Gasteiger partial charge in [-0.25, -0.2) is 0 Å². The van der Waals surface area contributed by atoms with E-state index < -0.39 is 0 Å². The minimum atomic E-state index is -0.348. The van der Waals surface area contributed by atoms with Crippen molar-refractivity contribution in [2.24, 2.45) is 11.7 Å². The fraction of sp³-hybridized carbons (Fsp3) is 0.500. The Morgan fingerprint density at radius 2 is 1.84 bits per heavy atom. The van der Waals surface area contributed by atoms with Crippen LogP contribution in [0.2, 0.25) is 0 Å². The van der Waals surface area contributed by atoms with E-state index in [2.05, 4.69) is 0 Å². The van der Waals surface area contributed by atoms with E-state index in [0.717, 1.165) is 18.7 Å². The van der Waals surface area contributed by atoms with Crippen LogP contribution in [0, 0.1) is 5.92 Å². The fourth-order valence-electron chi connectivity index (χ4n) is 3.56. The zero-order chi connectivity index (χ0) is 17.8. The van der Waals surface area contributed by atoms with Gasteiger partial charge in [0.25, 0.3) is 0 Å². The molecule has 0 aliphatic carbocycles. The maximum Gasteiger partial charge on any atom is 0.231 e. The van der Waals surface area contributed by atoms with Gasteiger partial charge in [0.15, 0.2) is 0 Å². The van der Waals surface area contributed by atoms with Crippen LogP contribution >= 0.6 is 0 Å². The van der Waals surface area contributed by atoms with E-state index in [1.165, 1.54) is 0 Å². The number of carbonyl (C=O) groups excluding carboxylic acids is 3. The second kappa shape index (κ2) is 7.65. The molecule has 1 aromatic carbocycles. The first-order valence-electron chi connectivity index (χ1n) is 8.69. The van der Waals surface area contributed by atoms with Gasteiger partial charge in [0.1, 0.15) is 0 Å². The van der Waals surface area contributed by atoms with Crippen molar-refractivity contribution in [2.75, 3.05) is 44.2 Å². The summed E-state index contributed by atoms with van der Waals surface area (Å²) in [7, 11) is 0. The van der Waals surface area contributed by atoms with Gasteiger partial charge in [-0.2, -0.15) is 0 Å². The highest BCUT2D eigenvalue weighted by atomic mass is 16.2. The summed E-state index contributed by atoms with van der Waals surface area (Å²) in [6, 6.07) is 9.46. The zero-order valence-corrected chi connectivity index (χ0v) is 14.3. The molecule has 2 N–H and O–H groups in total. The lowest BCUT2D eigenvalue weighted by atomic mass is 10.1. The van der Waals surface area contributed by atoms with Crippen LogP contribution in [0.3, 0.4) is 0 Å². The number of rotatable bonds is 4. The molecule has 0 aromatic heterocycles. The van der Waals surface area contributed by atoms with Gasteiger partial charge in [0.05, 0.1) is 12.5 Å². The van der Waals surface area contributed by atoms with E-state index in [0.29, 0.717) is 26.2 Å². The third-order valence-corrected chi connectivity index (χ3v) is 4.82. The summed E-state index contributed by atoms with van der Waals surface area (Å²) in [5, 5.41) is 0. The van der Waals surface area contributed by atoms with Gasteiger partial charge in [-0.3, -0.25) is 19.3 Å². The van der Waals surface area contributed by atoms with Crippen molar-refractivity contribution in [3.8, 4) is 0 Å². The van der Waals surface area contributed by atoms with Gasteiger partial charge in [0.2, 0.25) is 17.7 Å². The van der Waals surface area contributed by atoms with Crippen LogP contribution in [0.1, 0.15) is 12.8 Å². The van der Waals surface area contributed by atoms with Crippen LogP contribution in [0.5, 0.6) is 0 Å².